The standard InChI is InChI=1S/C20H24N2O3/c1-13-18(22-23)12-19(14-4-8-16(24-2)9-5-14)21-20(13)15-6-10-17(25-3)11-7-15/h4-11,13,19-21,23H,12H2,1-3H3/b22-18+/t13-,19-,20+/m0/s1. The molecule has 0 spiro atoms. The molecule has 0 radical (unpaired) electrons. The summed E-state index contributed by atoms with van der Waals surface area (Å²) < 4.78 is 10.5. The van der Waals surface area contributed by atoms with Crippen LogP contribution in [0, 0.1) is 5.92 Å². The average molecular weight is 340 g/mol. The molecule has 5 nitrogen and oxygen atoms in total. The molecule has 0 unspecified atom stereocenters. The van der Waals surface area contributed by atoms with Crippen molar-refractivity contribution in [3.8, 4) is 11.5 Å². The molecule has 3 atom stereocenters. The Morgan fingerprint density at radius 3 is 1.92 bits per heavy atom. The summed E-state index contributed by atoms with van der Waals surface area (Å²) in [6, 6.07) is 16.2. The fourth-order valence-corrected chi connectivity index (χ4v) is 3.39. The van der Waals surface area contributed by atoms with Gasteiger partial charge in [0.25, 0.3) is 0 Å². The lowest BCUT2D eigenvalue weighted by molar-refractivity contribution is 0.294. The van der Waals surface area contributed by atoms with E-state index in [-0.39, 0.29) is 18.0 Å². The van der Waals surface area contributed by atoms with E-state index >= 15 is 0 Å². The number of piperidine rings is 1. The van der Waals surface area contributed by atoms with Gasteiger partial charge >= 0.3 is 0 Å². The topological polar surface area (TPSA) is 63.1 Å². The van der Waals surface area contributed by atoms with Crippen LogP contribution in [0.1, 0.15) is 36.6 Å². The van der Waals surface area contributed by atoms with Crippen molar-refractivity contribution < 1.29 is 14.7 Å². The minimum Gasteiger partial charge on any atom is -0.497 e. The van der Waals surface area contributed by atoms with Gasteiger partial charge in [0.2, 0.25) is 0 Å². The fraction of sp³-hybridized carbons (Fsp3) is 0.350. The quantitative estimate of drug-likeness (QED) is 0.653. The predicted molar refractivity (Wildman–Crippen MR) is 97.6 cm³/mol. The Kier molecular flexibility index (Phi) is 5.24. The maximum Gasteiger partial charge on any atom is 0.118 e. The molecular formula is C20H24N2O3. The molecule has 2 aromatic carbocycles. The van der Waals surface area contributed by atoms with Crippen molar-refractivity contribution in [2.75, 3.05) is 14.2 Å². The van der Waals surface area contributed by atoms with Crippen LogP contribution >= 0.6 is 0 Å². The Morgan fingerprint density at radius 1 is 0.920 bits per heavy atom. The Balaban J connectivity index is 1.88. The van der Waals surface area contributed by atoms with Crippen LogP contribution in [0.3, 0.4) is 0 Å². The highest BCUT2D eigenvalue weighted by atomic mass is 16.5. The molecule has 0 amide bonds. The molecule has 25 heavy (non-hydrogen) atoms. The van der Waals surface area contributed by atoms with Crippen LogP contribution in [0.25, 0.3) is 0 Å². The van der Waals surface area contributed by atoms with E-state index < -0.39 is 0 Å². The van der Waals surface area contributed by atoms with Crippen molar-refractivity contribution in [2.24, 2.45) is 11.1 Å². The number of oxime groups is 1. The second-order valence-corrected chi connectivity index (χ2v) is 6.33. The number of methoxy groups -OCH3 is 2. The van der Waals surface area contributed by atoms with Crippen molar-refractivity contribution in [1.82, 2.24) is 5.32 Å². The van der Waals surface area contributed by atoms with Gasteiger partial charge in [-0.25, -0.2) is 0 Å². The molecule has 2 N–H and O–H groups in total. The summed E-state index contributed by atoms with van der Waals surface area (Å²) in [4.78, 5) is 0. The van der Waals surface area contributed by atoms with E-state index in [0.717, 1.165) is 28.3 Å². The van der Waals surface area contributed by atoms with Crippen molar-refractivity contribution in [1.29, 1.82) is 0 Å². The summed E-state index contributed by atoms with van der Waals surface area (Å²) >= 11 is 0. The van der Waals surface area contributed by atoms with Crippen LogP contribution < -0.4 is 14.8 Å². The van der Waals surface area contributed by atoms with E-state index in [9.17, 15) is 5.21 Å². The number of nitrogens with one attached hydrogen (secondary N) is 1. The molecule has 1 heterocycles. The summed E-state index contributed by atoms with van der Waals surface area (Å²) in [5.74, 6) is 1.76. The third-order valence-corrected chi connectivity index (χ3v) is 4.94. The lowest BCUT2D eigenvalue weighted by atomic mass is 9.81. The van der Waals surface area contributed by atoms with E-state index in [1.807, 2.05) is 36.4 Å². The predicted octanol–water partition coefficient (Wildman–Crippen LogP) is 3.95. The average Bonchev–Trinajstić information content (AvgIpc) is 2.68. The van der Waals surface area contributed by atoms with E-state index in [1.54, 1.807) is 14.2 Å². The highest BCUT2D eigenvalue weighted by Crippen LogP contribution is 2.36. The van der Waals surface area contributed by atoms with Crippen LogP contribution in [-0.2, 0) is 0 Å². The van der Waals surface area contributed by atoms with Crippen LogP contribution in [0.4, 0.5) is 0 Å². The highest BCUT2D eigenvalue weighted by molar-refractivity contribution is 5.88. The highest BCUT2D eigenvalue weighted by Gasteiger charge is 2.33. The Morgan fingerprint density at radius 2 is 1.44 bits per heavy atom. The van der Waals surface area contributed by atoms with Crippen LogP contribution in [0.15, 0.2) is 53.7 Å². The van der Waals surface area contributed by atoms with Gasteiger partial charge in [0.05, 0.1) is 19.9 Å². The van der Waals surface area contributed by atoms with E-state index in [1.165, 1.54) is 0 Å². The van der Waals surface area contributed by atoms with Gasteiger partial charge in [-0.15, -0.1) is 0 Å². The normalized spacial score (nSPS) is 24.9. The molecule has 0 aromatic heterocycles. The second-order valence-electron chi connectivity index (χ2n) is 6.33. The van der Waals surface area contributed by atoms with Gasteiger partial charge in [-0.3, -0.25) is 0 Å². The number of ether oxygens (including phenoxy) is 2. The van der Waals surface area contributed by atoms with Gasteiger partial charge in [-0.05, 0) is 35.4 Å². The number of benzene rings is 2. The van der Waals surface area contributed by atoms with Crippen LogP contribution in [0.2, 0.25) is 0 Å². The smallest absolute Gasteiger partial charge is 0.118 e. The SMILES string of the molecule is COc1ccc([C@@H]2C/C(=N\O)[C@H](C)[C@H](c3ccc(OC)cc3)N2)cc1. The molecule has 2 aromatic rings. The molecule has 0 aliphatic carbocycles. The molecule has 0 saturated carbocycles. The molecule has 3 rings (SSSR count). The first-order valence-corrected chi connectivity index (χ1v) is 8.41. The van der Waals surface area contributed by atoms with Crippen LogP contribution in [-0.4, -0.2) is 25.1 Å². The van der Waals surface area contributed by atoms with Crippen molar-refractivity contribution in [3.63, 3.8) is 0 Å². The van der Waals surface area contributed by atoms with Gasteiger partial charge < -0.3 is 20.0 Å². The van der Waals surface area contributed by atoms with Gasteiger partial charge in [-0.2, -0.15) is 0 Å². The van der Waals surface area contributed by atoms with Gasteiger partial charge in [0, 0.05) is 24.4 Å². The van der Waals surface area contributed by atoms with Crippen molar-refractivity contribution in [3.05, 3.63) is 59.7 Å². The number of hydrogen-bond acceptors (Lipinski definition) is 5. The monoisotopic (exact) mass is 340 g/mol. The first-order valence-electron chi connectivity index (χ1n) is 8.41. The van der Waals surface area contributed by atoms with Gasteiger partial charge in [0.1, 0.15) is 11.5 Å². The summed E-state index contributed by atoms with van der Waals surface area (Å²) in [6.07, 6.45) is 0.677. The molecule has 1 aliphatic rings. The van der Waals surface area contributed by atoms with E-state index in [4.69, 9.17) is 9.47 Å². The van der Waals surface area contributed by atoms with E-state index in [2.05, 4.69) is 29.5 Å². The maximum atomic E-state index is 9.48. The van der Waals surface area contributed by atoms with Crippen molar-refractivity contribution >= 4 is 5.71 Å². The summed E-state index contributed by atoms with van der Waals surface area (Å²) in [5, 5.41) is 16.8. The molecular weight excluding hydrogens is 316 g/mol. The van der Waals surface area contributed by atoms with Gasteiger partial charge in [0.15, 0.2) is 0 Å². The molecule has 0 bridgehead atoms. The molecule has 5 heteroatoms. The summed E-state index contributed by atoms with van der Waals surface area (Å²) in [6.45, 7) is 2.08. The zero-order valence-corrected chi connectivity index (χ0v) is 14.8. The zero-order valence-electron chi connectivity index (χ0n) is 14.8. The fourth-order valence-electron chi connectivity index (χ4n) is 3.39. The minimum absolute atomic E-state index is 0.0673. The first-order chi connectivity index (χ1) is 12.2. The summed E-state index contributed by atoms with van der Waals surface area (Å²) in [5.41, 5.74) is 3.10. The number of rotatable bonds is 4. The maximum absolute atomic E-state index is 9.48. The van der Waals surface area contributed by atoms with Gasteiger partial charge in [-0.1, -0.05) is 36.3 Å². The third kappa shape index (κ3) is 3.61. The Bertz CT molecular complexity index is 726. The molecule has 1 fully saturated rings. The van der Waals surface area contributed by atoms with Crippen molar-refractivity contribution in [2.45, 2.75) is 25.4 Å². The Labute approximate surface area is 148 Å². The molecule has 1 aliphatic heterocycles. The summed E-state index contributed by atoms with van der Waals surface area (Å²) in [7, 11) is 3.32. The number of nitrogens with zero attached hydrogens (tertiary/aromatic N) is 1. The zero-order chi connectivity index (χ0) is 17.8. The Hall–Kier alpha value is -2.53. The second kappa shape index (κ2) is 7.57. The minimum atomic E-state index is 0.0673. The van der Waals surface area contributed by atoms with E-state index in [0.29, 0.717) is 6.42 Å². The number of hydrogen-bond donors (Lipinski definition) is 2. The molecule has 132 valence electrons. The lowest BCUT2D eigenvalue weighted by Gasteiger charge is -2.37. The van der Waals surface area contributed by atoms with Crippen LogP contribution in [0.5, 0.6) is 11.5 Å². The lowest BCUT2D eigenvalue weighted by Crippen LogP contribution is -2.41. The third-order valence-electron chi connectivity index (χ3n) is 4.94. The largest absolute Gasteiger partial charge is 0.497 e. The first kappa shape index (κ1) is 17.3. The molecule has 1 saturated heterocycles.